The Kier molecular flexibility index (Phi) is 4.45. The van der Waals surface area contributed by atoms with E-state index in [1.165, 1.54) is 6.26 Å². The van der Waals surface area contributed by atoms with Gasteiger partial charge in [0, 0.05) is 18.7 Å². The van der Waals surface area contributed by atoms with Crippen molar-refractivity contribution in [3.8, 4) is 0 Å². The van der Waals surface area contributed by atoms with Crippen LogP contribution in [0.4, 0.5) is 0 Å². The first-order chi connectivity index (χ1) is 13.1. The van der Waals surface area contributed by atoms with E-state index in [1.54, 1.807) is 29.2 Å². The highest BCUT2D eigenvalue weighted by Crippen LogP contribution is 2.27. The number of aromatic amines is 1. The molecule has 138 valence electrons. The van der Waals surface area contributed by atoms with Crippen LogP contribution in [0.2, 0.25) is 0 Å². The standard InChI is InChI=1S/C19H19N5O3/c1-12-20-17(23-22-12)14-10-24(19(26)16-8-5-9-27-16)11-15(14)21-18(25)13-6-3-2-4-7-13/h2-9,14-15H,10-11H2,1H3,(H,21,25)(H,20,22,23)/t14-,15-/m1/s1. The molecule has 0 saturated carbocycles. The zero-order valence-corrected chi connectivity index (χ0v) is 14.8. The van der Waals surface area contributed by atoms with Crippen LogP contribution < -0.4 is 5.32 Å². The third-order valence-electron chi connectivity index (χ3n) is 4.64. The summed E-state index contributed by atoms with van der Waals surface area (Å²) in [6.45, 7) is 2.57. The monoisotopic (exact) mass is 365 g/mol. The van der Waals surface area contributed by atoms with Crippen molar-refractivity contribution in [3.63, 3.8) is 0 Å². The third-order valence-corrected chi connectivity index (χ3v) is 4.64. The van der Waals surface area contributed by atoms with Crippen molar-refractivity contribution in [1.82, 2.24) is 25.4 Å². The van der Waals surface area contributed by atoms with E-state index in [4.69, 9.17) is 4.42 Å². The maximum absolute atomic E-state index is 12.7. The topological polar surface area (TPSA) is 104 Å². The normalized spacial score (nSPS) is 19.2. The Morgan fingerprint density at radius 3 is 2.67 bits per heavy atom. The lowest BCUT2D eigenvalue weighted by atomic mass is 10.0. The van der Waals surface area contributed by atoms with Gasteiger partial charge in [-0.3, -0.25) is 14.7 Å². The number of hydrogen-bond donors (Lipinski definition) is 2. The van der Waals surface area contributed by atoms with E-state index in [-0.39, 0.29) is 29.5 Å². The zero-order valence-electron chi connectivity index (χ0n) is 14.8. The molecule has 1 aliphatic rings. The maximum Gasteiger partial charge on any atom is 0.289 e. The molecule has 1 saturated heterocycles. The van der Waals surface area contributed by atoms with Gasteiger partial charge < -0.3 is 14.6 Å². The highest BCUT2D eigenvalue weighted by atomic mass is 16.3. The van der Waals surface area contributed by atoms with Gasteiger partial charge in [-0.2, -0.15) is 5.10 Å². The Balaban J connectivity index is 1.56. The molecule has 27 heavy (non-hydrogen) atoms. The Morgan fingerprint density at radius 2 is 2.00 bits per heavy atom. The van der Waals surface area contributed by atoms with Crippen LogP contribution in [0.25, 0.3) is 0 Å². The smallest absolute Gasteiger partial charge is 0.289 e. The van der Waals surface area contributed by atoms with Crippen LogP contribution in [0.5, 0.6) is 0 Å². The summed E-state index contributed by atoms with van der Waals surface area (Å²) in [5.74, 6) is 0.935. The van der Waals surface area contributed by atoms with Crippen LogP contribution in [0.3, 0.4) is 0 Å². The van der Waals surface area contributed by atoms with Crippen molar-refractivity contribution in [2.75, 3.05) is 13.1 Å². The van der Waals surface area contributed by atoms with Gasteiger partial charge in [-0.15, -0.1) is 0 Å². The van der Waals surface area contributed by atoms with Gasteiger partial charge in [-0.05, 0) is 31.2 Å². The van der Waals surface area contributed by atoms with Crippen molar-refractivity contribution >= 4 is 11.8 Å². The van der Waals surface area contributed by atoms with E-state index in [0.717, 1.165) is 0 Å². The number of benzene rings is 1. The molecule has 2 amide bonds. The van der Waals surface area contributed by atoms with Crippen LogP contribution in [-0.4, -0.2) is 51.0 Å². The molecule has 0 spiro atoms. The van der Waals surface area contributed by atoms with E-state index in [9.17, 15) is 9.59 Å². The summed E-state index contributed by atoms with van der Waals surface area (Å²) < 4.78 is 5.22. The molecule has 3 heterocycles. The van der Waals surface area contributed by atoms with E-state index in [0.29, 0.717) is 30.3 Å². The largest absolute Gasteiger partial charge is 0.459 e. The Labute approximate surface area is 155 Å². The van der Waals surface area contributed by atoms with Crippen molar-refractivity contribution in [1.29, 1.82) is 0 Å². The number of H-pyrrole nitrogens is 1. The summed E-state index contributed by atoms with van der Waals surface area (Å²) in [5.41, 5.74) is 0.568. The molecule has 2 aromatic heterocycles. The predicted octanol–water partition coefficient (Wildman–Crippen LogP) is 1.74. The number of rotatable bonds is 4. The fourth-order valence-corrected chi connectivity index (χ4v) is 3.30. The van der Waals surface area contributed by atoms with Crippen molar-refractivity contribution < 1.29 is 14.0 Å². The number of nitrogens with one attached hydrogen (secondary N) is 2. The van der Waals surface area contributed by atoms with Crippen LogP contribution in [0, 0.1) is 6.92 Å². The molecular weight excluding hydrogens is 346 g/mol. The lowest BCUT2D eigenvalue weighted by Gasteiger charge is -2.17. The van der Waals surface area contributed by atoms with Crippen LogP contribution in [-0.2, 0) is 0 Å². The number of aromatic nitrogens is 3. The van der Waals surface area contributed by atoms with Gasteiger partial charge in [0.15, 0.2) is 11.6 Å². The average molecular weight is 365 g/mol. The molecule has 0 unspecified atom stereocenters. The first kappa shape index (κ1) is 17.0. The molecule has 1 aliphatic heterocycles. The Morgan fingerprint density at radius 1 is 1.19 bits per heavy atom. The molecule has 8 heteroatoms. The number of aryl methyl sites for hydroxylation is 1. The predicted molar refractivity (Wildman–Crippen MR) is 96.2 cm³/mol. The van der Waals surface area contributed by atoms with Gasteiger partial charge in [0.05, 0.1) is 18.2 Å². The fourth-order valence-electron chi connectivity index (χ4n) is 3.30. The van der Waals surface area contributed by atoms with Crippen molar-refractivity contribution in [2.24, 2.45) is 0 Å². The summed E-state index contributed by atoms with van der Waals surface area (Å²) in [6, 6.07) is 12.0. The average Bonchev–Trinajstić information content (AvgIpc) is 3.42. The number of likely N-dealkylation sites (tertiary alicyclic amines) is 1. The second kappa shape index (κ2) is 7.06. The molecule has 8 nitrogen and oxygen atoms in total. The zero-order chi connectivity index (χ0) is 18.8. The molecule has 0 bridgehead atoms. The SMILES string of the molecule is Cc1nc([C@@H]2CN(C(=O)c3ccco3)C[C@H]2NC(=O)c2ccccc2)n[nH]1. The molecule has 4 rings (SSSR count). The molecule has 1 aromatic carbocycles. The molecule has 3 aromatic rings. The summed E-state index contributed by atoms with van der Waals surface area (Å²) in [4.78, 5) is 31.3. The van der Waals surface area contributed by atoms with Gasteiger partial charge in [0.1, 0.15) is 5.82 Å². The highest BCUT2D eigenvalue weighted by Gasteiger charge is 2.40. The third kappa shape index (κ3) is 3.46. The fraction of sp³-hybridized carbons (Fsp3) is 0.263. The Hall–Kier alpha value is -3.42. The summed E-state index contributed by atoms with van der Waals surface area (Å²) >= 11 is 0. The Bertz CT molecular complexity index is 935. The van der Waals surface area contributed by atoms with E-state index < -0.39 is 0 Å². The lowest BCUT2D eigenvalue weighted by Crippen LogP contribution is -2.40. The number of nitrogens with zero attached hydrogens (tertiary/aromatic N) is 3. The maximum atomic E-state index is 12.7. The minimum Gasteiger partial charge on any atom is -0.459 e. The van der Waals surface area contributed by atoms with E-state index >= 15 is 0 Å². The van der Waals surface area contributed by atoms with Crippen LogP contribution in [0.1, 0.15) is 38.5 Å². The summed E-state index contributed by atoms with van der Waals surface area (Å²) in [7, 11) is 0. The molecule has 2 N–H and O–H groups in total. The molecule has 1 fully saturated rings. The summed E-state index contributed by atoms with van der Waals surface area (Å²) in [5, 5.41) is 10.1. The number of amides is 2. The number of furan rings is 1. The minimum absolute atomic E-state index is 0.190. The molecule has 0 aliphatic carbocycles. The molecule has 2 atom stereocenters. The van der Waals surface area contributed by atoms with Crippen molar-refractivity contribution in [2.45, 2.75) is 18.9 Å². The van der Waals surface area contributed by atoms with Gasteiger partial charge in [-0.1, -0.05) is 18.2 Å². The van der Waals surface area contributed by atoms with Gasteiger partial charge in [0.2, 0.25) is 0 Å². The second-order valence-electron chi connectivity index (χ2n) is 6.52. The number of carbonyl (C=O) groups is 2. The van der Waals surface area contributed by atoms with Crippen molar-refractivity contribution in [3.05, 3.63) is 71.7 Å². The highest BCUT2D eigenvalue weighted by molar-refractivity contribution is 5.95. The second-order valence-corrected chi connectivity index (χ2v) is 6.52. The number of hydrogen-bond acceptors (Lipinski definition) is 5. The lowest BCUT2D eigenvalue weighted by molar-refractivity contribution is 0.0752. The van der Waals surface area contributed by atoms with E-state index in [2.05, 4.69) is 20.5 Å². The first-order valence-corrected chi connectivity index (χ1v) is 8.69. The van der Waals surface area contributed by atoms with Gasteiger partial charge in [-0.25, -0.2) is 4.98 Å². The molecular formula is C19H19N5O3. The molecule has 0 radical (unpaired) electrons. The number of carbonyl (C=O) groups excluding carboxylic acids is 2. The first-order valence-electron chi connectivity index (χ1n) is 8.69. The van der Waals surface area contributed by atoms with E-state index in [1.807, 2.05) is 25.1 Å². The van der Waals surface area contributed by atoms with Crippen LogP contribution in [0.15, 0.2) is 53.1 Å². The summed E-state index contributed by atoms with van der Waals surface area (Å²) in [6.07, 6.45) is 1.47. The van der Waals surface area contributed by atoms with Gasteiger partial charge >= 0.3 is 0 Å². The minimum atomic E-state index is -0.299. The van der Waals surface area contributed by atoms with Gasteiger partial charge in [0.25, 0.3) is 11.8 Å². The van der Waals surface area contributed by atoms with Crippen LogP contribution >= 0.6 is 0 Å². The quantitative estimate of drug-likeness (QED) is 0.733.